The molecule has 2 aliphatic rings. The number of rotatable bonds is 2. The molecule has 0 aliphatic carbocycles. The van der Waals surface area contributed by atoms with Crippen molar-refractivity contribution in [2.45, 2.75) is 45.0 Å². The smallest absolute Gasteiger partial charge is 0.150 e. The van der Waals surface area contributed by atoms with Crippen LogP contribution in [0.2, 0.25) is 0 Å². The Hall–Kier alpha value is -0.850. The van der Waals surface area contributed by atoms with Crippen molar-refractivity contribution in [3.8, 4) is 12.3 Å². The molecule has 2 saturated heterocycles. The highest BCUT2D eigenvalue weighted by Crippen LogP contribution is 2.47. The zero-order valence-electron chi connectivity index (χ0n) is 10.0. The minimum absolute atomic E-state index is 0.0743. The van der Waals surface area contributed by atoms with Gasteiger partial charge in [-0.1, -0.05) is 12.8 Å². The Morgan fingerprint density at radius 3 is 2.88 bits per heavy atom. The topological polar surface area (TPSA) is 35.5 Å². The summed E-state index contributed by atoms with van der Waals surface area (Å²) in [4.78, 5) is 12.4. The Kier molecular flexibility index (Phi) is 2.81. The number of Topliss-reactive ketones (excluding diaryl/α,β-unsaturated/α-hetero) is 1. The Labute approximate surface area is 96.5 Å². The molecule has 3 nitrogen and oxygen atoms in total. The van der Waals surface area contributed by atoms with Crippen LogP contribution in [0.15, 0.2) is 0 Å². The first-order valence-corrected chi connectivity index (χ1v) is 5.74. The molecule has 2 bridgehead atoms. The molecular weight excluding hydrogens is 204 g/mol. The van der Waals surface area contributed by atoms with Crippen molar-refractivity contribution in [3.05, 3.63) is 0 Å². The van der Waals surface area contributed by atoms with Crippen LogP contribution in [0.3, 0.4) is 0 Å². The molecule has 0 amide bonds. The fraction of sp³-hybridized carbons (Fsp3) is 0.769. The molecule has 0 unspecified atom stereocenters. The first-order valence-electron chi connectivity index (χ1n) is 5.74. The molecule has 0 N–H and O–H groups in total. The highest BCUT2D eigenvalue weighted by Gasteiger charge is 2.58. The summed E-state index contributed by atoms with van der Waals surface area (Å²) >= 11 is 0. The minimum Gasteiger partial charge on any atom is -0.373 e. The molecule has 0 aromatic heterocycles. The predicted octanol–water partition coefficient (Wildman–Crippen LogP) is 1.41. The van der Waals surface area contributed by atoms with E-state index in [2.05, 4.69) is 5.92 Å². The molecule has 2 heterocycles. The molecule has 3 heteroatoms. The van der Waals surface area contributed by atoms with Gasteiger partial charge in [0.25, 0.3) is 0 Å². The normalized spacial score (nSPS) is 44.1. The van der Waals surface area contributed by atoms with Crippen molar-refractivity contribution in [3.63, 3.8) is 0 Å². The Morgan fingerprint density at radius 1 is 1.62 bits per heavy atom. The van der Waals surface area contributed by atoms with Gasteiger partial charge in [-0.05, 0) is 19.8 Å². The van der Waals surface area contributed by atoms with Crippen LogP contribution in [0.4, 0.5) is 0 Å². The largest absolute Gasteiger partial charge is 0.373 e. The standard InChI is InChI=1S/C13H18O3/c1-5-10(15-4)13(3)11-7-6-9(16-11)8(2)12(13)14/h1,8-11H,6-7H2,2-4H3/t8-,9+,10-,11-,13-/m0/s1. The third kappa shape index (κ3) is 1.33. The summed E-state index contributed by atoms with van der Waals surface area (Å²) < 4.78 is 11.2. The van der Waals surface area contributed by atoms with Gasteiger partial charge >= 0.3 is 0 Å². The van der Waals surface area contributed by atoms with Gasteiger partial charge < -0.3 is 9.47 Å². The lowest BCUT2D eigenvalue weighted by Crippen LogP contribution is -2.55. The monoisotopic (exact) mass is 222 g/mol. The zero-order valence-corrected chi connectivity index (χ0v) is 10.0. The number of ether oxygens (including phenoxy) is 2. The molecule has 0 spiro atoms. The number of carbonyl (C=O) groups is 1. The van der Waals surface area contributed by atoms with Gasteiger partial charge in [0.1, 0.15) is 11.9 Å². The highest BCUT2D eigenvalue weighted by atomic mass is 16.5. The van der Waals surface area contributed by atoms with E-state index in [1.165, 1.54) is 0 Å². The Bertz CT molecular complexity index is 344. The number of terminal acetylenes is 1. The van der Waals surface area contributed by atoms with Gasteiger partial charge in [-0.15, -0.1) is 6.42 Å². The summed E-state index contributed by atoms with van der Waals surface area (Å²) in [5.74, 6) is 2.69. The summed E-state index contributed by atoms with van der Waals surface area (Å²) in [5.41, 5.74) is -0.685. The predicted molar refractivity (Wildman–Crippen MR) is 59.8 cm³/mol. The lowest BCUT2D eigenvalue weighted by atomic mass is 9.70. The van der Waals surface area contributed by atoms with Gasteiger partial charge in [0.05, 0.1) is 17.6 Å². The third-order valence-corrected chi connectivity index (χ3v) is 4.16. The fourth-order valence-electron chi connectivity index (χ4n) is 3.07. The number of hydrogen-bond donors (Lipinski definition) is 0. The molecule has 5 atom stereocenters. The lowest BCUT2D eigenvalue weighted by molar-refractivity contribution is -0.171. The van der Waals surface area contributed by atoms with Crippen molar-refractivity contribution >= 4 is 5.78 Å². The molecule has 2 rings (SSSR count). The van der Waals surface area contributed by atoms with E-state index in [0.29, 0.717) is 0 Å². The summed E-state index contributed by atoms with van der Waals surface area (Å²) in [7, 11) is 1.55. The van der Waals surface area contributed by atoms with E-state index in [0.717, 1.165) is 12.8 Å². The van der Waals surface area contributed by atoms with E-state index >= 15 is 0 Å². The summed E-state index contributed by atoms with van der Waals surface area (Å²) in [6, 6.07) is 0. The van der Waals surface area contributed by atoms with Crippen molar-refractivity contribution in [2.24, 2.45) is 11.3 Å². The summed E-state index contributed by atoms with van der Waals surface area (Å²) in [5, 5.41) is 0. The first-order chi connectivity index (χ1) is 7.55. The molecule has 0 aromatic carbocycles. The molecule has 0 radical (unpaired) electrons. The quantitative estimate of drug-likeness (QED) is 0.663. The van der Waals surface area contributed by atoms with Gasteiger partial charge in [-0.2, -0.15) is 0 Å². The molecule has 88 valence electrons. The third-order valence-electron chi connectivity index (χ3n) is 4.16. The lowest BCUT2D eigenvalue weighted by Gasteiger charge is -2.43. The second-order valence-corrected chi connectivity index (χ2v) is 4.96. The van der Waals surface area contributed by atoms with Crippen LogP contribution in [0.25, 0.3) is 0 Å². The number of fused-ring (bicyclic) bond motifs is 2. The fourth-order valence-corrected chi connectivity index (χ4v) is 3.07. The summed E-state index contributed by atoms with van der Waals surface area (Å²) in [6.07, 6.45) is 6.82. The van der Waals surface area contributed by atoms with E-state index in [4.69, 9.17) is 15.9 Å². The van der Waals surface area contributed by atoms with Crippen LogP contribution in [0, 0.1) is 23.7 Å². The molecule has 0 aromatic rings. The van der Waals surface area contributed by atoms with E-state index in [1.807, 2.05) is 13.8 Å². The van der Waals surface area contributed by atoms with Gasteiger partial charge in [-0.3, -0.25) is 4.79 Å². The van der Waals surface area contributed by atoms with Crippen molar-refractivity contribution in [1.29, 1.82) is 0 Å². The Balaban J connectivity index is 2.38. The minimum atomic E-state index is -0.685. The van der Waals surface area contributed by atoms with Crippen LogP contribution in [-0.2, 0) is 14.3 Å². The maximum Gasteiger partial charge on any atom is 0.150 e. The van der Waals surface area contributed by atoms with E-state index in [9.17, 15) is 4.79 Å². The second-order valence-electron chi connectivity index (χ2n) is 4.96. The van der Waals surface area contributed by atoms with Crippen LogP contribution in [-0.4, -0.2) is 31.2 Å². The van der Waals surface area contributed by atoms with Gasteiger partial charge in [0.2, 0.25) is 0 Å². The molecular formula is C13H18O3. The van der Waals surface area contributed by atoms with Crippen LogP contribution >= 0.6 is 0 Å². The molecule has 0 saturated carbocycles. The molecule has 2 fully saturated rings. The van der Waals surface area contributed by atoms with Crippen LogP contribution in [0.1, 0.15) is 26.7 Å². The Morgan fingerprint density at radius 2 is 2.31 bits per heavy atom. The van der Waals surface area contributed by atoms with E-state index in [-0.39, 0.29) is 23.9 Å². The number of hydrogen-bond acceptors (Lipinski definition) is 3. The average molecular weight is 222 g/mol. The van der Waals surface area contributed by atoms with Gasteiger partial charge in [-0.25, -0.2) is 0 Å². The average Bonchev–Trinajstić information content (AvgIpc) is 2.74. The van der Waals surface area contributed by atoms with E-state index < -0.39 is 11.5 Å². The number of carbonyl (C=O) groups excluding carboxylic acids is 1. The first kappa shape index (κ1) is 11.6. The van der Waals surface area contributed by atoms with Crippen LogP contribution < -0.4 is 0 Å². The number of ketones is 1. The number of methoxy groups -OCH3 is 1. The maximum atomic E-state index is 12.4. The van der Waals surface area contributed by atoms with Gasteiger partial charge in [0, 0.05) is 13.0 Å². The van der Waals surface area contributed by atoms with Crippen LogP contribution in [0.5, 0.6) is 0 Å². The SMILES string of the molecule is C#C[C@H](OC)[C@]1(C)C(=O)[C@@H](C)[C@H]2CC[C@@H]1O2. The zero-order chi connectivity index (χ0) is 11.9. The second kappa shape index (κ2) is 3.87. The summed E-state index contributed by atoms with van der Waals surface area (Å²) in [6.45, 7) is 3.81. The van der Waals surface area contributed by atoms with Crippen molar-refractivity contribution in [1.82, 2.24) is 0 Å². The molecule has 2 aliphatic heterocycles. The van der Waals surface area contributed by atoms with E-state index in [1.54, 1.807) is 7.11 Å². The highest BCUT2D eigenvalue weighted by molar-refractivity contribution is 5.89. The maximum absolute atomic E-state index is 12.4. The molecule has 16 heavy (non-hydrogen) atoms. The van der Waals surface area contributed by atoms with Crippen molar-refractivity contribution < 1.29 is 14.3 Å². The van der Waals surface area contributed by atoms with Crippen molar-refractivity contribution in [2.75, 3.05) is 7.11 Å². The van der Waals surface area contributed by atoms with Gasteiger partial charge in [0.15, 0.2) is 0 Å².